The van der Waals surface area contributed by atoms with E-state index in [0.29, 0.717) is 0 Å². The van der Waals surface area contributed by atoms with Gasteiger partial charge in [0.25, 0.3) is 0 Å². The molecule has 0 aliphatic rings. The summed E-state index contributed by atoms with van der Waals surface area (Å²) < 4.78 is 1.08. The van der Waals surface area contributed by atoms with Gasteiger partial charge < -0.3 is 0 Å². The highest BCUT2D eigenvalue weighted by atomic mass is 79.9. The van der Waals surface area contributed by atoms with Crippen LogP contribution in [0.2, 0.25) is 0 Å². The van der Waals surface area contributed by atoms with Crippen molar-refractivity contribution in [2.24, 2.45) is 0 Å². The number of benzene rings is 2. The van der Waals surface area contributed by atoms with Gasteiger partial charge in [-0.2, -0.15) is 0 Å². The Balaban J connectivity index is 2.10. The maximum absolute atomic E-state index is 4.85. The average molecular weight is 344 g/mol. The van der Waals surface area contributed by atoms with Crippen LogP contribution in [0, 0.1) is 13.8 Å². The number of nitrogens with zero attached hydrogens (tertiary/aromatic N) is 1. The van der Waals surface area contributed by atoms with Gasteiger partial charge in [-0.05, 0) is 31.5 Å². The minimum atomic E-state index is 1.08. The quantitative estimate of drug-likeness (QED) is 0.568. The molecular formula is C17H14BrNS. The number of thiazole rings is 1. The van der Waals surface area contributed by atoms with Gasteiger partial charge in [0.15, 0.2) is 0 Å². The van der Waals surface area contributed by atoms with E-state index in [4.69, 9.17) is 4.98 Å². The van der Waals surface area contributed by atoms with Crippen LogP contribution in [0.5, 0.6) is 0 Å². The van der Waals surface area contributed by atoms with Crippen LogP contribution in [0.4, 0.5) is 0 Å². The predicted octanol–water partition coefficient (Wildman–Crippen LogP) is 5.86. The lowest BCUT2D eigenvalue weighted by Crippen LogP contribution is -1.83. The fraction of sp³-hybridized carbons (Fsp3) is 0.118. The van der Waals surface area contributed by atoms with E-state index in [-0.39, 0.29) is 0 Å². The van der Waals surface area contributed by atoms with Gasteiger partial charge in [0.05, 0.1) is 5.69 Å². The Morgan fingerprint density at radius 1 is 1.00 bits per heavy atom. The summed E-state index contributed by atoms with van der Waals surface area (Å²) in [6.07, 6.45) is 0. The van der Waals surface area contributed by atoms with Crippen molar-refractivity contribution in [3.8, 4) is 21.8 Å². The van der Waals surface area contributed by atoms with Crippen molar-refractivity contribution in [2.45, 2.75) is 13.8 Å². The Morgan fingerprint density at radius 2 is 1.80 bits per heavy atom. The van der Waals surface area contributed by atoms with E-state index in [1.807, 2.05) is 12.1 Å². The molecule has 20 heavy (non-hydrogen) atoms. The van der Waals surface area contributed by atoms with Gasteiger partial charge >= 0.3 is 0 Å². The maximum Gasteiger partial charge on any atom is 0.124 e. The van der Waals surface area contributed by atoms with E-state index in [0.717, 1.165) is 20.7 Å². The van der Waals surface area contributed by atoms with Gasteiger partial charge in [-0.3, -0.25) is 0 Å². The summed E-state index contributed by atoms with van der Waals surface area (Å²) in [7, 11) is 0. The first-order chi connectivity index (χ1) is 9.65. The summed E-state index contributed by atoms with van der Waals surface area (Å²) in [6.45, 7) is 4.26. The lowest BCUT2D eigenvalue weighted by atomic mass is 10.1. The van der Waals surface area contributed by atoms with E-state index in [1.54, 1.807) is 11.3 Å². The molecule has 1 heterocycles. The van der Waals surface area contributed by atoms with Gasteiger partial charge in [0.1, 0.15) is 5.01 Å². The molecular weight excluding hydrogens is 330 g/mol. The van der Waals surface area contributed by atoms with Crippen molar-refractivity contribution in [1.29, 1.82) is 0 Å². The molecule has 0 spiro atoms. The van der Waals surface area contributed by atoms with E-state index >= 15 is 0 Å². The minimum Gasteiger partial charge on any atom is -0.236 e. The topological polar surface area (TPSA) is 12.9 Å². The molecule has 100 valence electrons. The third-order valence-electron chi connectivity index (χ3n) is 3.27. The summed E-state index contributed by atoms with van der Waals surface area (Å²) in [5, 5.41) is 1.09. The van der Waals surface area contributed by atoms with Crippen LogP contribution in [0.3, 0.4) is 0 Å². The molecule has 3 aromatic rings. The summed E-state index contributed by atoms with van der Waals surface area (Å²) in [6, 6.07) is 16.7. The highest BCUT2D eigenvalue weighted by Crippen LogP contribution is 2.35. The number of aryl methyl sites for hydroxylation is 2. The molecule has 0 aliphatic carbocycles. The van der Waals surface area contributed by atoms with Crippen LogP contribution in [-0.2, 0) is 0 Å². The van der Waals surface area contributed by atoms with Crippen LogP contribution < -0.4 is 0 Å². The van der Waals surface area contributed by atoms with Crippen LogP contribution >= 0.6 is 27.3 Å². The summed E-state index contributed by atoms with van der Waals surface area (Å²) in [5.74, 6) is 0. The SMILES string of the molecule is Cc1ccccc1-c1nc(-c2cccc(Br)c2)c(C)s1. The van der Waals surface area contributed by atoms with Gasteiger partial charge in [-0.1, -0.05) is 52.3 Å². The molecule has 0 amide bonds. The molecule has 0 radical (unpaired) electrons. The monoisotopic (exact) mass is 343 g/mol. The molecule has 1 nitrogen and oxygen atoms in total. The number of hydrogen-bond donors (Lipinski definition) is 0. The maximum atomic E-state index is 4.85. The zero-order valence-electron chi connectivity index (χ0n) is 11.4. The Bertz CT molecular complexity index is 761. The summed E-state index contributed by atoms with van der Waals surface area (Å²) in [5.41, 5.74) is 4.73. The number of halogens is 1. The molecule has 1 aromatic heterocycles. The molecule has 2 aromatic carbocycles. The van der Waals surface area contributed by atoms with Crippen molar-refractivity contribution in [3.05, 3.63) is 63.4 Å². The lowest BCUT2D eigenvalue weighted by Gasteiger charge is -2.01. The molecule has 0 atom stereocenters. The molecule has 0 saturated carbocycles. The molecule has 0 fully saturated rings. The molecule has 0 saturated heterocycles. The smallest absolute Gasteiger partial charge is 0.124 e. The fourth-order valence-electron chi connectivity index (χ4n) is 2.23. The fourth-order valence-corrected chi connectivity index (χ4v) is 3.65. The lowest BCUT2D eigenvalue weighted by molar-refractivity contribution is 1.35. The first kappa shape index (κ1) is 13.5. The van der Waals surface area contributed by atoms with Gasteiger partial charge in [0, 0.05) is 20.5 Å². The summed E-state index contributed by atoms with van der Waals surface area (Å²) >= 11 is 5.28. The van der Waals surface area contributed by atoms with Crippen LogP contribution in [-0.4, -0.2) is 4.98 Å². The third-order valence-corrected chi connectivity index (χ3v) is 4.77. The third kappa shape index (κ3) is 2.56. The second-order valence-electron chi connectivity index (χ2n) is 4.75. The first-order valence-electron chi connectivity index (χ1n) is 6.44. The van der Waals surface area contributed by atoms with Crippen molar-refractivity contribution < 1.29 is 0 Å². The van der Waals surface area contributed by atoms with Crippen LogP contribution in [0.1, 0.15) is 10.4 Å². The average Bonchev–Trinajstić information content (AvgIpc) is 2.81. The molecule has 0 unspecified atom stereocenters. The van der Waals surface area contributed by atoms with E-state index in [9.17, 15) is 0 Å². The Labute approximate surface area is 131 Å². The predicted molar refractivity (Wildman–Crippen MR) is 90.2 cm³/mol. The molecule has 3 rings (SSSR count). The van der Waals surface area contributed by atoms with Crippen molar-refractivity contribution in [1.82, 2.24) is 4.98 Å². The Kier molecular flexibility index (Phi) is 3.72. The highest BCUT2D eigenvalue weighted by Gasteiger charge is 2.12. The van der Waals surface area contributed by atoms with Gasteiger partial charge in [-0.25, -0.2) is 4.98 Å². The molecule has 0 bridgehead atoms. The van der Waals surface area contributed by atoms with Crippen molar-refractivity contribution in [2.75, 3.05) is 0 Å². The van der Waals surface area contributed by atoms with E-state index in [2.05, 4.69) is 66.2 Å². The standard InChI is InChI=1S/C17H14BrNS/c1-11-6-3-4-9-15(11)17-19-16(12(2)20-17)13-7-5-8-14(18)10-13/h3-10H,1-2H3. The highest BCUT2D eigenvalue weighted by molar-refractivity contribution is 9.10. The van der Waals surface area contributed by atoms with Crippen molar-refractivity contribution >= 4 is 27.3 Å². The molecule has 3 heteroatoms. The second kappa shape index (κ2) is 5.51. The molecule has 0 N–H and O–H groups in total. The molecule has 0 aliphatic heterocycles. The second-order valence-corrected chi connectivity index (χ2v) is 6.87. The normalized spacial score (nSPS) is 10.8. The zero-order chi connectivity index (χ0) is 14.1. The number of rotatable bonds is 2. The van der Waals surface area contributed by atoms with E-state index in [1.165, 1.54) is 16.0 Å². The first-order valence-corrected chi connectivity index (χ1v) is 8.05. The Hall–Kier alpha value is -1.45. The van der Waals surface area contributed by atoms with Crippen LogP contribution in [0.15, 0.2) is 53.0 Å². The number of hydrogen-bond acceptors (Lipinski definition) is 2. The van der Waals surface area contributed by atoms with Gasteiger partial charge in [-0.15, -0.1) is 11.3 Å². The number of aromatic nitrogens is 1. The Morgan fingerprint density at radius 3 is 2.55 bits per heavy atom. The minimum absolute atomic E-state index is 1.08. The largest absolute Gasteiger partial charge is 0.236 e. The van der Waals surface area contributed by atoms with Crippen molar-refractivity contribution in [3.63, 3.8) is 0 Å². The summed E-state index contributed by atoms with van der Waals surface area (Å²) in [4.78, 5) is 6.10. The van der Waals surface area contributed by atoms with E-state index < -0.39 is 0 Å². The van der Waals surface area contributed by atoms with Crippen LogP contribution in [0.25, 0.3) is 21.8 Å². The van der Waals surface area contributed by atoms with Gasteiger partial charge in [0.2, 0.25) is 0 Å². The zero-order valence-corrected chi connectivity index (χ0v) is 13.8.